The Bertz CT molecular complexity index is 418. The summed E-state index contributed by atoms with van der Waals surface area (Å²) in [6.07, 6.45) is 2.33. The zero-order valence-corrected chi connectivity index (χ0v) is 10.8. The summed E-state index contributed by atoms with van der Waals surface area (Å²) in [5.74, 6) is 0.0516. The number of carbonyl (C=O) groups excluding carboxylic acids is 1. The summed E-state index contributed by atoms with van der Waals surface area (Å²) in [7, 11) is 1.65. The average molecular weight is 248 g/mol. The number of amides is 1. The molecule has 0 spiro atoms. The van der Waals surface area contributed by atoms with E-state index >= 15 is 0 Å². The van der Waals surface area contributed by atoms with Crippen LogP contribution in [0, 0.1) is 0 Å². The van der Waals surface area contributed by atoms with Gasteiger partial charge >= 0.3 is 0 Å². The van der Waals surface area contributed by atoms with Crippen molar-refractivity contribution in [1.29, 1.82) is 0 Å². The lowest BCUT2D eigenvalue weighted by atomic mass is 10.0. The summed E-state index contributed by atoms with van der Waals surface area (Å²) in [6, 6.07) is 6.16. The van der Waals surface area contributed by atoms with Gasteiger partial charge in [-0.05, 0) is 42.6 Å². The highest BCUT2D eigenvalue weighted by Crippen LogP contribution is 2.19. The second-order valence-electron chi connectivity index (χ2n) is 4.55. The molecule has 1 amide bonds. The van der Waals surface area contributed by atoms with Crippen LogP contribution in [0.2, 0.25) is 0 Å². The summed E-state index contributed by atoms with van der Waals surface area (Å²) >= 11 is 0. The maximum Gasteiger partial charge on any atom is 0.224 e. The predicted molar refractivity (Wildman–Crippen MR) is 71.6 cm³/mol. The van der Waals surface area contributed by atoms with E-state index in [2.05, 4.69) is 22.8 Å². The fraction of sp³-hybridized carbons (Fsp3) is 0.500. The maximum absolute atomic E-state index is 11.7. The summed E-state index contributed by atoms with van der Waals surface area (Å²) in [6.45, 7) is 2.56. The Morgan fingerprint density at radius 3 is 3.17 bits per heavy atom. The summed E-state index contributed by atoms with van der Waals surface area (Å²) < 4.78 is 4.93. The SMILES string of the molecule is COCCCC(=O)Nc1ccc2c(c1)CNCC2. The Kier molecular flexibility index (Phi) is 4.73. The highest BCUT2D eigenvalue weighted by molar-refractivity contribution is 5.90. The number of carbonyl (C=O) groups is 1. The van der Waals surface area contributed by atoms with Crippen LogP contribution in [0.5, 0.6) is 0 Å². The number of hydrogen-bond donors (Lipinski definition) is 2. The molecule has 4 heteroatoms. The molecule has 1 aromatic carbocycles. The van der Waals surface area contributed by atoms with Gasteiger partial charge in [0.05, 0.1) is 0 Å². The van der Waals surface area contributed by atoms with E-state index in [1.807, 2.05) is 6.07 Å². The van der Waals surface area contributed by atoms with Crippen LogP contribution in [-0.2, 0) is 22.5 Å². The molecular formula is C14H20N2O2. The van der Waals surface area contributed by atoms with Crippen molar-refractivity contribution in [3.05, 3.63) is 29.3 Å². The van der Waals surface area contributed by atoms with E-state index < -0.39 is 0 Å². The topological polar surface area (TPSA) is 50.4 Å². The first-order valence-electron chi connectivity index (χ1n) is 6.41. The van der Waals surface area contributed by atoms with Crippen LogP contribution in [-0.4, -0.2) is 26.2 Å². The normalized spacial score (nSPS) is 14.1. The molecule has 0 aromatic heterocycles. The lowest BCUT2D eigenvalue weighted by molar-refractivity contribution is -0.116. The molecule has 2 rings (SSSR count). The largest absolute Gasteiger partial charge is 0.385 e. The number of benzene rings is 1. The smallest absolute Gasteiger partial charge is 0.224 e. The Labute approximate surface area is 108 Å². The van der Waals surface area contributed by atoms with E-state index in [9.17, 15) is 4.79 Å². The Morgan fingerprint density at radius 1 is 1.44 bits per heavy atom. The van der Waals surface area contributed by atoms with Crippen molar-refractivity contribution >= 4 is 11.6 Å². The van der Waals surface area contributed by atoms with E-state index in [0.717, 1.165) is 31.6 Å². The van der Waals surface area contributed by atoms with Crippen LogP contribution < -0.4 is 10.6 Å². The minimum Gasteiger partial charge on any atom is -0.385 e. The number of anilines is 1. The van der Waals surface area contributed by atoms with Crippen molar-refractivity contribution in [1.82, 2.24) is 5.32 Å². The van der Waals surface area contributed by atoms with Gasteiger partial charge in [-0.3, -0.25) is 4.79 Å². The molecule has 18 heavy (non-hydrogen) atoms. The fourth-order valence-corrected chi connectivity index (χ4v) is 2.16. The molecule has 0 bridgehead atoms. The molecule has 4 nitrogen and oxygen atoms in total. The fourth-order valence-electron chi connectivity index (χ4n) is 2.16. The number of fused-ring (bicyclic) bond motifs is 1. The summed E-state index contributed by atoms with van der Waals surface area (Å²) in [5.41, 5.74) is 3.56. The summed E-state index contributed by atoms with van der Waals surface area (Å²) in [5, 5.41) is 6.26. The molecule has 0 unspecified atom stereocenters. The van der Waals surface area contributed by atoms with Crippen LogP contribution in [0.3, 0.4) is 0 Å². The minimum atomic E-state index is 0.0516. The van der Waals surface area contributed by atoms with Gasteiger partial charge in [-0.1, -0.05) is 6.07 Å². The number of rotatable bonds is 5. The van der Waals surface area contributed by atoms with Gasteiger partial charge in [0.2, 0.25) is 5.91 Å². The lowest BCUT2D eigenvalue weighted by Gasteiger charge is -2.18. The molecule has 0 fully saturated rings. The van der Waals surface area contributed by atoms with Gasteiger partial charge in [-0.15, -0.1) is 0 Å². The third-order valence-corrected chi connectivity index (χ3v) is 3.13. The van der Waals surface area contributed by atoms with Crippen LogP contribution in [0.15, 0.2) is 18.2 Å². The molecule has 2 N–H and O–H groups in total. The van der Waals surface area contributed by atoms with Gasteiger partial charge in [0.15, 0.2) is 0 Å². The molecule has 0 saturated heterocycles. The van der Waals surface area contributed by atoms with E-state index in [-0.39, 0.29) is 5.91 Å². The Hall–Kier alpha value is -1.39. The first-order chi connectivity index (χ1) is 8.79. The van der Waals surface area contributed by atoms with Crippen LogP contribution >= 0.6 is 0 Å². The maximum atomic E-state index is 11.7. The molecule has 1 heterocycles. The Morgan fingerprint density at radius 2 is 2.33 bits per heavy atom. The highest BCUT2D eigenvalue weighted by Gasteiger charge is 2.09. The average Bonchev–Trinajstić information content (AvgIpc) is 2.39. The number of ether oxygens (including phenoxy) is 1. The van der Waals surface area contributed by atoms with E-state index in [1.165, 1.54) is 11.1 Å². The first kappa shape index (κ1) is 13.1. The zero-order valence-electron chi connectivity index (χ0n) is 10.8. The van der Waals surface area contributed by atoms with Crippen LogP contribution in [0.4, 0.5) is 5.69 Å². The van der Waals surface area contributed by atoms with Crippen molar-refractivity contribution in [2.75, 3.05) is 25.6 Å². The number of nitrogens with one attached hydrogen (secondary N) is 2. The molecule has 1 aliphatic heterocycles. The number of methoxy groups -OCH3 is 1. The minimum absolute atomic E-state index is 0.0516. The van der Waals surface area contributed by atoms with Crippen LogP contribution in [0.25, 0.3) is 0 Å². The molecule has 0 aliphatic carbocycles. The molecule has 98 valence electrons. The van der Waals surface area contributed by atoms with E-state index in [4.69, 9.17) is 4.74 Å². The monoisotopic (exact) mass is 248 g/mol. The van der Waals surface area contributed by atoms with Gasteiger partial charge in [-0.25, -0.2) is 0 Å². The standard InChI is InChI=1S/C14H20N2O2/c1-18-8-2-3-14(17)16-13-5-4-11-6-7-15-10-12(11)9-13/h4-5,9,15H,2-3,6-8,10H2,1H3,(H,16,17). The second-order valence-corrected chi connectivity index (χ2v) is 4.55. The summed E-state index contributed by atoms with van der Waals surface area (Å²) in [4.78, 5) is 11.7. The van der Waals surface area contributed by atoms with Crippen molar-refractivity contribution in [2.24, 2.45) is 0 Å². The molecular weight excluding hydrogens is 228 g/mol. The number of hydrogen-bond acceptors (Lipinski definition) is 3. The van der Waals surface area contributed by atoms with Crippen molar-refractivity contribution in [2.45, 2.75) is 25.8 Å². The lowest BCUT2D eigenvalue weighted by Crippen LogP contribution is -2.23. The van der Waals surface area contributed by atoms with Gasteiger partial charge < -0.3 is 15.4 Å². The Balaban J connectivity index is 1.91. The molecule has 0 atom stereocenters. The third kappa shape index (κ3) is 3.55. The highest BCUT2D eigenvalue weighted by atomic mass is 16.5. The van der Waals surface area contributed by atoms with Gasteiger partial charge in [0.25, 0.3) is 0 Å². The molecule has 1 aliphatic rings. The molecule has 1 aromatic rings. The van der Waals surface area contributed by atoms with Gasteiger partial charge in [-0.2, -0.15) is 0 Å². The molecule has 0 saturated carbocycles. The first-order valence-corrected chi connectivity index (χ1v) is 6.41. The quantitative estimate of drug-likeness (QED) is 0.780. The van der Waals surface area contributed by atoms with Crippen LogP contribution in [0.1, 0.15) is 24.0 Å². The van der Waals surface area contributed by atoms with Crippen molar-refractivity contribution < 1.29 is 9.53 Å². The van der Waals surface area contributed by atoms with Gasteiger partial charge in [0.1, 0.15) is 0 Å². The van der Waals surface area contributed by atoms with E-state index in [0.29, 0.717) is 13.0 Å². The van der Waals surface area contributed by atoms with E-state index in [1.54, 1.807) is 7.11 Å². The molecule has 0 radical (unpaired) electrons. The predicted octanol–water partition coefficient (Wildman–Crippen LogP) is 1.70. The second kappa shape index (κ2) is 6.52. The zero-order chi connectivity index (χ0) is 12.8. The van der Waals surface area contributed by atoms with Crippen molar-refractivity contribution in [3.8, 4) is 0 Å². The van der Waals surface area contributed by atoms with Gasteiger partial charge in [0, 0.05) is 32.4 Å². The van der Waals surface area contributed by atoms with Crippen molar-refractivity contribution in [3.63, 3.8) is 0 Å². The third-order valence-electron chi connectivity index (χ3n) is 3.13.